The van der Waals surface area contributed by atoms with Gasteiger partial charge in [-0.05, 0) is 39.8 Å². The van der Waals surface area contributed by atoms with E-state index in [0.29, 0.717) is 0 Å². The van der Waals surface area contributed by atoms with Crippen molar-refractivity contribution in [3.8, 4) is 0 Å². The maximum atomic E-state index is 9.63. The van der Waals surface area contributed by atoms with Crippen LogP contribution >= 0.6 is 0 Å². The van der Waals surface area contributed by atoms with Crippen LogP contribution in [0.2, 0.25) is 0 Å². The first kappa shape index (κ1) is 33.9. The smallest absolute Gasteiger partial charge is 0.0967 e. The average Bonchev–Trinajstić information content (AvgIpc) is 2.88. The predicted octanol–water partition coefficient (Wildman–Crippen LogP) is 5.36. The second-order valence-corrected chi connectivity index (χ2v) is 5.81. The van der Waals surface area contributed by atoms with Crippen molar-refractivity contribution in [1.82, 2.24) is 4.98 Å². The van der Waals surface area contributed by atoms with Crippen LogP contribution in [0.5, 0.6) is 0 Å². The van der Waals surface area contributed by atoms with E-state index in [1.165, 1.54) is 33.8 Å². The molecule has 1 radical (unpaired) electrons. The van der Waals surface area contributed by atoms with Crippen molar-refractivity contribution in [2.24, 2.45) is 20.6 Å². The summed E-state index contributed by atoms with van der Waals surface area (Å²) < 4.78 is 0. The Labute approximate surface area is 205 Å². The van der Waals surface area contributed by atoms with E-state index in [0.717, 1.165) is 11.1 Å². The summed E-state index contributed by atoms with van der Waals surface area (Å²) in [5.74, 6) is 0. The Hall–Kier alpha value is -3.76. The standard InChI is InChI=1S/C10H9.C5H5N.2C4H8N2O2.Co/c1-3-9(2)10-7-5-4-6-8-10;1-2-4-6-5-3-1;2*1-3(5-7)4(2)6-8;/h1,3-8H,2H2;1-5H;2*7-8H,1-2H3;/q-1;;;;/p-2/b;;2*5-3+,6-4+;. The summed E-state index contributed by atoms with van der Waals surface area (Å²) in [7, 11) is 0. The topological polar surface area (TPSA) is 149 Å². The Morgan fingerprint density at radius 1 is 0.818 bits per heavy atom. The summed E-state index contributed by atoms with van der Waals surface area (Å²) in [4.78, 5) is 3.78. The Bertz CT molecular complexity index is 809. The largest absolute Gasteiger partial charge is 0.792 e. The van der Waals surface area contributed by atoms with Gasteiger partial charge < -0.3 is 31.1 Å². The van der Waals surface area contributed by atoms with Crippen LogP contribution in [0.4, 0.5) is 0 Å². The maximum Gasteiger partial charge on any atom is 0.0967 e. The second kappa shape index (κ2) is 22.9. The summed E-state index contributed by atoms with van der Waals surface area (Å²) in [5, 5.41) is 45.8. The second-order valence-electron chi connectivity index (χ2n) is 5.81. The van der Waals surface area contributed by atoms with Crippen LogP contribution in [-0.4, -0.2) is 38.2 Å². The van der Waals surface area contributed by atoms with E-state index in [1.807, 2.05) is 48.5 Å². The number of aromatic nitrogens is 1. The third-order valence-electron chi connectivity index (χ3n) is 3.53. The summed E-state index contributed by atoms with van der Waals surface area (Å²) >= 11 is 0. The summed E-state index contributed by atoms with van der Waals surface area (Å²) in [5.41, 5.74) is 2.84. The van der Waals surface area contributed by atoms with Crippen molar-refractivity contribution in [2.75, 3.05) is 0 Å². The summed E-state index contributed by atoms with van der Waals surface area (Å²) in [6, 6.07) is 15.6. The molecule has 1 aromatic heterocycles. The Kier molecular flexibility index (Phi) is 23.5. The molecular weight excluding hydrogens is 469 g/mol. The molecule has 0 aliphatic carbocycles. The molecule has 10 heteroatoms. The Morgan fingerprint density at radius 3 is 1.42 bits per heavy atom. The number of pyridine rings is 1. The molecule has 2 aromatic rings. The van der Waals surface area contributed by atoms with Crippen LogP contribution in [0.25, 0.3) is 5.57 Å². The van der Waals surface area contributed by atoms with E-state index in [-0.39, 0.29) is 39.6 Å². The van der Waals surface area contributed by atoms with Gasteiger partial charge in [0.25, 0.3) is 0 Å². The van der Waals surface area contributed by atoms with Crippen LogP contribution < -0.4 is 0 Å². The molecule has 9 nitrogen and oxygen atoms in total. The molecule has 0 bridgehead atoms. The average molecular weight is 497 g/mol. The van der Waals surface area contributed by atoms with Crippen molar-refractivity contribution < 1.29 is 27.2 Å². The van der Waals surface area contributed by atoms with Gasteiger partial charge in [0.1, 0.15) is 0 Å². The third-order valence-corrected chi connectivity index (χ3v) is 3.53. The van der Waals surface area contributed by atoms with Crippen LogP contribution in [-0.2, 0) is 16.8 Å². The Morgan fingerprint density at radius 2 is 1.21 bits per heavy atom. The van der Waals surface area contributed by atoms with Gasteiger partial charge in [0.05, 0.1) is 22.8 Å². The fourth-order valence-corrected chi connectivity index (χ4v) is 1.34. The molecule has 0 fully saturated rings. The number of hydrogen-bond donors (Lipinski definition) is 2. The molecule has 0 atom stereocenters. The van der Waals surface area contributed by atoms with E-state index in [9.17, 15) is 10.4 Å². The molecule has 0 saturated carbocycles. The van der Waals surface area contributed by atoms with Gasteiger partial charge in [-0.3, -0.25) is 11.6 Å². The molecule has 2 N–H and O–H groups in total. The van der Waals surface area contributed by atoms with Gasteiger partial charge in [-0.1, -0.05) is 46.7 Å². The molecular formula is C23H28CoN5O4-3. The third kappa shape index (κ3) is 18.7. The monoisotopic (exact) mass is 497 g/mol. The van der Waals surface area contributed by atoms with Gasteiger partial charge in [-0.25, -0.2) is 6.08 Å². The molecule has 181 valence electrons. The molecule has 0 amide bonds. The van der Waals surface area contributed by atoms with E-state index < -0.39 is 0 Å². The minimum atomic E-state index is 0. The van der Waals surface area contributed by atoms with Crippen LogP contribution in [0.3, 0.4) is 0 Å². The molecule has 0 aliphatic rings. The number of hydrogen-bond acceptors (Lipinski definition) is 9. The van der Waals surface area contributed by atoms with Crippen molar-refractivity contribution >= 4 is 28.4 Å². The summed E-state index contributed by atoms with van der Waals surface area (Å²) in [6.45, 7) is 15.0. The number of nitrogens with zero attached hydrogens (tertiary/aromatic N) is 5. The van der Waals surface area contributed by atoms with E-state index >= 15 is 0 Å². The van der Waals surface area contributed by atoms with Gasteiger partial charge >= 0.3 is 0 Å². The Balaban J connectivity index is -0.000000365. The van der Waals surface area contributed by atoms with Crippen molar-refractivity contribution in [1.29, 1.82) is 0 Å². The van der Waals surface area contributed by atoms with Gasteiger partial charge in [0.15, 0.2) is 0 Å². The number of rotatable bonds is 4. The maximum absolute atomic E-state index is 9.63. The molecule has 2 rings (SSSR count). The first-order valence-corrected chi connectivity index (χ1v) is 9.15. The van der Waals surface area contributed by atoms with Crippen LogP contribution in [0.15, 0.2) is 94.2 Å². The van der Waals surface area contributed by atoms with Crippen molar-refractivity contribution in [3.63, 3.8) is 0 Å². The quantitative estimate of drug-likeness (QED) is 0.192. The van der Waals surface area contributed by atoms with Crippen molar-refractivity contribution in [2.45, 2.75) is 27.7 Å². The molecule has 0 saturated heterocycles. The van der Waals surface area contributed by atoms with Gasteiger partial charge in [0.2, 0.25) is 0 Å². The van der Waals surface area contributed by atoms with Gasteiger partial charge in [-0.15, -0.1) is 5.56 Å². The first-order chi connectivity index (χ1) is 15.3. The normalized spacial score (nSPS) is 11.0. The molecule has 0 unspecified atom stereocenters. The zero-order valence-electron chi connectivity index (χ0n) is 18.9. The molecule has 0 spiro atoms. The van der Waals surface area contributed by atoms with E-state index in [4.69, 9.17) is 17.0 Å². The fraction of sp³-hybridized carbons (Fsp3) is 0.174. The zero-order chi connectivity index (χ0) is 24.8. The minimum absolute atomic E-state index is 0. The minimum Gasteiger partial charge on any atom is -0.792 e. The predicted molar refractivity (Wildman–Crippen MR) is 131 cm³/mol. The number of oxime groups is 2. The molecule has 1 heterocycles. The zero-order valence-corrected chi connectivity index (χ0v) is 20.0. The van der Waals surface area contributed by atoms with E-state index in [1.54, 1.807) is 12.4 Å². The first-order valence-electron chi connectivity index (χ1n) is 9.15. The van der Waals surface area contributed by atoms with Crippen LogP contribution in [0.1, 0.15) is 33.3 Å². The van der Waals surface area contributed by atoms with E-state index in [2.05, 4.69) is 32.2 Å². The molecule has 33 heavy (non-hydrogen) atoms. The van der Waals surface area contributed by atoms with Crippen LogP contribution in [0, 0.1) is 17.0 Å². The van der Waals surface area contributed by atoms with Gasteiger partial charge in [-0.2, -0.15) is 12.2 Å². The fourth-order valence-electron chi connectivity index (χ4n) is 1.34. The number of benzene rings is 1. The SMILES string of the molecule is CC(=N\[O-])/C(C)=N/O.CC(=N\[O-])/C(C)=N/O.[CH-]=CC(=C)c1ccccc1.[Co].c1ccncc1. The van der Waals surface area contributed by atoms with Crippen molar-refractivity contribution in [3.05, 3.63) is 96.1 Å². The number of allylic oxidation sites excluding steroid dienone is 2. The molecule has 0 aliphatic heterocycles. The summed E-state index contributed by atoms with van der Waals surface area (Å²) in [6.07, 6.45) is 5.01. The van der Waals surface area contributed by atoms with Gasteiger partial charge in [0, 0.05) is 29.2 Å². The molecule has 1 aromatic carbocycles.